The van der Waals surface area contributed by atoms with Crippen molar-refractivity contribution in [3.05, 3.63) is 71.2 Å². The van der Waals surface area contributed by atoms with E-state index in [1.165, 1.54) is 21.9 Å². The van der Waals surface area contributed by atoms with Crippen molar-refractivity contribution >= 4 is 34.4 Å². The Bertz CT molecular complexity index is 1060. The number of hydrogen-bond acceptors (Lipinski definition) is 5. The quantitative estimate of drug-likeness (QED) is 0.376. The number of anilines is 1. The number of nitrogens with zero attached hydrogens (tertiary/aromatic N) is 3. The fourth-order valence-electron chi connectivity index (χ4n) is 2.70. The molecule has 0 saturated heterocycles. The van der Waals surface area contributed by atoms with Crippen molar-refractivity contribution in [2.75, 3.05) is 5.32 Å². The number of aromatic nitrogens is 3. The van der Waals surface area contributed by atoms with E-state index in [2.05, 4.69) is 28.8 Å². The number of carbonyl (C=O) groups excluding carboxylic acids is 1. The van der Waals surface area contributed by atoms with Gasteiger partial charge < -0.3 is 5.32 Å². The zero-order chi connectivity index (χ0) is 20.1. The van der Waals surface area contributed by atoms with Crippen LogP contribution in [0.1, 0.15) is 19.4 Å². The Morgan fingerprint density at radius 3 is 2.75 bits per heavy atom. The summed E-state index contributed by atoms with van der Waals surface area (Å²) in [5, 5.41) is 3.35. The Morgan fingerprint density at radius 1 is 1.32 bits per heavy atom. The number of nitrogens with one attached hydrogen (secondary N) is 1. The molecule has 28 heavy (non-hydrogen) atoms. The standard InChI is InChI=1S/C21H22N4O2S/c1-4-13-25-20(27)17-7-6-12-22-18(17)24-21(25)28-14(3)19(26)23-16-10-8-15(5-2)9-11-16/h4,6-12,14H,1,5,13H2,2-3H3,(H,23,26). The first-order chi connectivity index (χ1) is 13.5. The highest BCUT2D eigenvalue weighted by molar-refractivity contribution is 8.00. The number of carbonyl (C=O) groups is 1. The second kappa shape index (κ2) is 8.84. The van der Waals surface area contributed by atoms with Crippen LogP contribution in [-0.4, -0.2) is 25.7 Å². The zero-order valence-electron chi connectivity index (χ0n) is 15.9. The Labute approximate surface area is 167 Å². The summed E-state index contributed by atoms with van der Waals surface area (Å²) in [4.78, 5) is 34.0. The molecule has 0 fully saturated rings. The van der Waals surface area contributed by atoms with Crippen LogP contribution < -0.4 is 10.9 Å². The summed E-state index contributed by atoms with van der Waals surface area (Å²) in [7, 11) is 0. The van der Waals surface area contributed by atoms with E-state index < -0.39 is 5.25 Å². The van der Waals surface area contributed by atoms with E-state index in [1.807, 2.05) is 24.3 Å². The van der Waals surface area contributed by atoms with E-state index in [-0.39, 0.29) is 11.5 Å². The second-order valence-corrected chi connectivity index (χ2v) is 7.58. The molecule has 2 heterocycles. The van der Waals surface area contributed by atoms with Gasteiger partial charge in [-0.25, -0.2) is 9.97 Å². The minimum absolute atomic E-state index is 0.158. The van der Waals surface area contributed by atoms with Crippen molar-refractivity contribution in [1.29, 1.82) is 0 Å². The summed E-state index contributed by atoms with van der Waals surface area (Å²) in [5.74, 6) is -0.158. The highest BCUT2D eigenvalue weighted by Crippen LogP contribution is 2.23. The van der Waals surface area contributed by atoms with E-state index in [9.17, 15) is 9.59 Å². The second-order valence-electron chi connectivity index (χ2n) is 6.27. The molecule has 0 aliphatic carbocycles. The highest BCUT2D eigenvalue weighted by atomic mass is 32.2. The molecule has 1 aromatic carbocycles. The van der Waals surface area contributed by atoms with E-state index in [4.69, 9.17) is 0 Å². The largest absolute Gasteiger partial charge is 0.325 e. The Morgan fingerprint density at radius 2 is 2.07 bits per heavy atom. The number of amides is 1. The smallest absolute Gasteiger partial charge is 0.263 e. The van der Waals surface area contributed by atoms with Crippen LogP contribution in [0.4, 0.5) is 5.69 Å². The fourth-order valence-corrected chi connectivity index (χ4v) is 3.60. The summed E-state index contributed by atoms with van der Waals surface area (Å²) in [6.07, 6.45) is 4.18. The first-order valence-electron chi connectivity index (χ1n) is 9.06. The zero-order valence-corrected chi connectivity index (χ0v) is 16.7. The predicted molar refractivity (Wildman–Crippen MR) is 114 cm³/mol. The third-order valence-corrected chi connectivity index (χ3v) is 5.38. The minimum Gasteiger partial charge on any atom is -0.325 e. The number of thioether (sulfide) groups is 1. The number of aryl methyl sites for hydroxylation is 1. The molecular formula is C21H22N4O2S. The number of rotatable bonds is 7. The molecule has 1 atom stereocenters. The van der Waals surface area contributed by atoms with E-state index in [0.717, 1.165) is 12.1 Å². The summed E-state index contributed by atoms with van der Waals surface area (Å²) in [6, 6.07) is 11.2. The summed E-state index contributed by atoms with van der Waals surface area (Å²) in [5.41, 5.74) is 2.13. The third kappa shape index (κ3) is 4.31. The molecule has 7 heteroatoms. The average Bonchev–Trinajstić information content (AvgIpc) is 2.71. The van der Waals surface area contributed by atoms with Crippen molar-refractivity contribution in [2.45, 2.75) is 37.2 Å². The van der Waals surface area contributed by atoms with Gasteiger partial charge in [0, 0.05) is 18.4 Å². The lowest BCUT2D eigenvalue weighted by atomic mass is 10.1. The molecule has 0 saturated carbocycles. The maximum absolute atomic E-state index is 12.8. The highest BCUT2D eigenvalue weighted by Gasteiger charge is 2.19. The molecule has 0 radical (unpaired) electrons. The molecular weight excluding hydrogens is 372 g/mol. The van der Waals surface area contributed by atoms with Crippen LogP contribution in [0.15, 0.2) is 65.2 Å². The van der Waals surface area contributed by atoms with Crippen molar-refractivity contribution < 1.29 is 4.79 Å². The van der Waals surface area contributed by atoms with Crippen molar-refractivity contribution in [3.8, 4) is 0 Å². The molecule has 1 unspecified atom stereocenters. The molecule has 3 aromatic rings. The van der Waals surface area contributed by atoms with Gasteiger partial charge in [-0.3, -0.25) is 14.2 Å². The number of hydrogen-bond donors (Lipinski definition) is 1. The molecule has 2 aromatic heterocycles. The van der Waals surface area contributed by atoms with Crippen LogP contribution in [0.5, 0.6) is 0 Å². The van der Waals surface area contributed by atoms with E-state index >= 15 is 0 Å². The SMILES string of the molecule is C=CCn1c(SC(C)C(=O)Nc2ccc(CC)cc2)nc2ncccc2c1=O. The third-order valence-electron chi connectivity index (χ3n) is 4.29. The van der Waals surface area contributed by atoms with Crippen LogP contribution in [0.2, 0.25) is 0 Å². The Hall–Kier alpha value is -2.93. The Balaban J connectivity index is 1.83. The van der Waals surface area contributed by atoms with E-state index in [0.29, 0.717) is 22.7 Å². The molecule has 0 bridgehead atoms. The van der Waals surface area contributed by atoms with Gasteiger partial charge in [0.15, 0.2) is 10.8 Å². The summed E-state index contributed by atoms with van der Waals surface area (Å²) < 4.78 is 1.52. The van der Waals surface area contributed by atoms with Crippen LogP contribution >= 0.6 is 11.8 Å². The van der Waals surface area contributed by atoms with Gasteiger partial charge in [0.25, 0.3) is 5.56 Å². The normalized spacial score (nSPS) is 11.9. The van der Waals surface area contributed by atoms with Crippen molar-refractivity contribution in [2.24, 2.45) is 0 Å². The van der Waals surface area contributed by atoms with Gasteiger partial charge in [0.1, 0.15) is 0 Å². The molecule has 1 N–H and O–H groups in total. The van der Waals surface area contributed by atoms with Gasteiger partial charge in [0.05, 0.1) is 10.6 Å². The van der Waals surface area contributed by atoms with Gasteiger partial charge in [0.2, 0.25) is 5.91 Å². The maximum Gasteiger partial charge on any atom is 0.263 e. The molecule has 6 nitrogen and oxygen atoms in total. The first-order valence-corrected chi connectivity index (χ1v) is 9.94. The molecule has 0 aliphatic rings. The molecule has 0 spiro atoms. The van der Waals surface area contributed by atoms with Crippen molar-refractivity contribution in [3.63, 3.8) is 0 Å². The van der Waals surface area contributed by atoms with Crippen LogP contribution in [0.3, 0.4) is 0 Å². The first kappa shape index (κ1) is 19.8. The van der Waals surface area contributed by atoms with Crippen LogP contribution in [0, 0.1) is 0 Å². The van der Waals surface area contributed by atoms with Crippen LogP contribution in [0.25, 0.3) is 11.0 Å². The monoisotopic (exact) mass is 394 g/mol. The lowest BCUT2D eigenvalue weighted by Crippen LogP contribution is -2.27. The number of allylic oxidation sites excluding steroid dienone is 1. The average molecular weight is 395 g/mol. The van der Waals surface area contributed by atoms with Gasteiger partial charge >= 0.3 is 0 Å². The topological polar surface area (TPSA) is 76.9 Å². The molecule has 3 rings (SSSR count). The maximum atomic E-state index is 12.8. The Kier molecular flexibility index (Phi) is 6.26. The number of fused-ring (bicyclic) bond motifs is 1. The number of benzene rings is 1. The lowest BCUT2D eigenvalue weighted by molar-refractivity contribution is -0.115. The van der Waals surface area contributed by atoms with E-state index in [1.54, 1.807) is 31.3 Å². The minimum atomic E-state index is -0.449. The van der Waals surface area contributed by atoms with Crippen LogP contribution in [-0.2, 0) is 17.8 Å². The molecule has 144 valence electrons. The van der Waals surface area contributed by atoms with Gasteiger partial charge in [-0.1, -0.05) is 36.9 Å². The van der Waals surface area contributed by atoms with Gasteiger partial charge in [-0.2, -0.15) is 0 Å². The lowest BCUT2D eigenvalue weighted by Gasteiger charge is -2.15. The molecule has 0 aliphatic heterocycles. The van der Waals surface area contributed by atoms with Crippen molar-refractivity contribution in [1.82, 2.24) is 14.5 Å². The fraction of sp³-hybridized carbons (Fsp3) is 0.238. The summed E-state index contributed by atoms with van der Waals surface area (Å²) >= 11 is 1.23. The summed E-state index contributed by atoms with van der Waals surface area (Å²) in [6.45, 7) is 7.89. The van der Waals surface area contributed by atoms with Gasteiger partial charge in [-0.15, -0.1) is 6.58 Å². The number of pyridine rings is 1. The molecule has 1 amide bonds. The van der Waals surface area contributed by atoms with Gasteiger partial charge in [-0.05, 0) is 43.2 Å². The predicted octanol–water partition coefficient (Wildman–Crippen LogP) is 3.66.